The first-order chi connectivity index (χ1) is 17.4. The van der Waals surface area contributed by atoms with E-state index in [1.807, 2.05) is 24.4 Å². The van der Waals surface area contributed by atoms with Crippen LogP contribution in [-0.4, -0.2) is 47.7 Å². The first-order valence-corrected chi connectivity index (χ1v) is 12.6. The van der Waals surface area contributed by atoms with E-state index in [1.165, 1.54) is 17.7 Å². The van der Waals surface area contributed by atoms with Gasteiger partial charge >= 0.3 is 5.97 Å². The van der Waals surface area contributed by atoms with Crippen LogP contribution in [0.15, 0.2) is 48.7 Å². The van der Waals surface area contributed by atoms with Crippen molar-refractivity contribution in [2.24, 2.45) is 11.8 Å². The van der Waals surface area contributed by atoms with Crippen LogP contribution in [0.1, 0.15) is 36.8 Å². The van der Waals surface area contributed by atoms with Crippen molar-refractivity contribution < 1.29 is 19.0 Å². The van der Waals surface area contributed by atoms with Gasteiger partial charge in [0.15, 0.2) is 0 Å². The first kappa shape index (κ1) is 25.9. The van der Waals surface area contributed by atoms with Crippen LogP contribution >= 0.6 is 11.6 Å². The number of methoxy groups -OCH3 is 1. The van der Waals surface area contributed by atoms with Crippen molar-refractivity contribution in [2.75, 3.05) is 26.7 Å². The van der Waals surface area contributed by atoms with Gasteiger partial charge in [-0.25, -0.2) is 4.39 Å². The van der Waals surface area contributed by atoms with Gasteiger partial charge < -0.3 is 9.84 Å². The zero-order valence-corrected chi connectivity index (χ0v) is 21.1. The number of likely N-dealkylation sites (tertiary alicyclic amines) is 1. The molecule has 0 aliphatic carbocycles. The summed E-state index contributed by atoms with van der Waals surface area (Å²) in [7, 11) is 1.66. The summed E-state index contributed by atoms with van der Waals surface area (Å²) in [4.78, 5) is 18.2. The van der Waals surface area contributed by atoms with E-state index >= 15 is 0 Å². The number of nitrogens with zero attached hydrogens (tertiary/aromatic N) is 2. The van der Waals surface area contributed by atoms with Gasteiger partial charge in [-0.1, -0.05) is 23.4 Å². The minimum absolute atomic E-state index is 0.0796. The topological polar surface area (TPSA) is 62.7 Å². The second kappa shape index (κ2) is 12.2. The number of benzene rings is 2. The van der Waals surface area contributed by atoms with Gasteiger partial charge in [-0.2, -0.15) is 0 Å². The molecule has 188 valence electrons. The zero-order valence-electron chi connectivity index (χ0n) is 20.3. The number of carbonyl (C=O) groups is 1. The van der Waals surface area contributed by atoms with Crippen LogP contribution in [0, 0.1) is 29.5 Å². The number of ether oxygens (including phenoxy) is 1. The second-order valence-corrected chi connectivity index (χ2v) is 9.78. The summed E-state index contributed by atoms with van der Waals surface area (Å²) < 4.78 is 18.9. The van der Waals surface area contributed by atoms with Gasteiger partial charge in [0.25, 0.3) is 0 Å². The van der Waals surface area contributed by atoms with Crippen molar-refractivity contribution in [2.45, 2.75) is 32.1 Å². The summed E-state index contributed by atoms with van der Waals surface area (Å²) in [5, 5.41) is 10.9. The van der Waals surface area contributed by atoms with Crippen LogP contribution in [-0.2, 0) is 11.2 Å². The van der Waals surface area contributed by atoms with Crippen molar-refractivity contribution in [1.29, 1.82) is 0 Å². The summed E-state index contributed by atoms with van der Waals surface area (Å²) in [6.45, 7) is 2.08. The van der Waals surface area contributed by atoms with Crippen molar-refractivity contribution in [3.8, 4) is 17.6 Å². The van der Waals surface area contributed by atoms with E-state index in [1.54, 1.807) is 13.2 Å². The van der Waals surface area contributed by atoms with Gasteiger partial charge in [0.2, 0.25) is 0 Å². The number of hydrogen-bond donors (Lipinski definition) is 1. The van der Waals surface area contributed by atoms with Gasteiger partial charge in [0.05, 0.1) is 19.2 Å². The minimum Gasteiger partial charge on any atom is -0.497 e. The number of pyridine rings is 1. The Morgan fingerprint density at radius 2 is 2.11 bits per heavy atom. The monoisotopic (exact) mass is 508 g/mol. The molecule has 0 radical (unpaired) electrons. The maximum absolute atomic E-state index is 13.5. The van der Waals surface area contributed by atoms with Crippen LogP contribution < -0.4 is 4.74 Å². The van der Waals surface area contributed by atoms with E-state index in [9.17, 15) is 14.3 Å². The molecule has 2 heterocycles. The number of aliphatic carboxylic acids is 1. The molecule has 0 unspecified atom stereocenters. The van der Waals surface area contributed by atoms with Crippen molar-refractivity contribution in [3.05, 3.63) is 70.6 Å². The summed E-state index contributed by atoms with van der Waals surface area (Å²) >= 11 is 5.90. The lowest BCUT2D eigenvalue weighted by Crippen LogP contribution is -2.41. The number of aromatic nitrogens is 1. The molecule has 1 saturated heterocycles. The lowest BCUT2D eigenvalue weighted by molar-refractivity contribution is -0.139. The maximum Gasteiger partial charge on any atom is 0.303 e. The molecule has 2 aromatic carbocycles. The molecule has 0 spiro atoms. The maximum atomic E-state index is 13.5. The Balaban J connectivity index is 1.35. The number of piperidine rings is 1. The van der Waals surface area contributed by atoms with E-state index in [2.05, 4.69) is 27.8 Å². The van der Waals surface area contributed by atoms with Crippen molar-refractivity contribution in [3.63, 3.8) is 0 Å². The highest BCUT2D eigenvalue weighted by molar-refractivity contribution is 6.30. The highest BCUT2D eigenvalue weighted by atomic mass is 35.5. The number of fused-ring (bicyclic) bond motifs is 1. The largest absolute Gasteiger partial charge is 0.497 e. The smallest absolute Gasteiger partial charge is 0.303 e. The predicted molar refractivity (Wildman–Crippen MR) is 140 cm³/mol. The quantitative estimate of drug-likeness (QED) is 0.388. The molecule has 1 aromatic heterocycles. The van der Waals surface area contributed by atoms with E-state index in [0.29, 0.717) is 29.6 Å². The Bertz CT molecular complexity index is 1270. The third-order valence-electron chi connectivity index (χ3n) is 6.87. The van der Waals surface area contributed by atoms with E-state index in [-0.39, 0.29) is 12.3 Å². The normalized spacial score (nSPS) is 18.0. The van der Waals surface area contributed by atoms with E-state index in [4.69, 9.17) is 16.3 Å². The van der Waals surface area contributed by atoms with Gasteiger partial charge in [0, 0.05) is 35.1 Å². The van der Waals surface area contributed by atoms with Crippen LogP contribution in [0.4, 0.5) is 4.39 Å². The Morgan fingerprint density at radius 3 is 2.89 bits per heavy atom. The molecule has 0 bridgehead atoms. The van der Waals surface area contributed by atoms with Gasteiger partial charge in [-0.15, -0.1) is 0 Å². The number of aryl methyl sites for hydroxylation is 1. The molecular weight excluding hydrogens is 479 g/mol. The molecule has 1 aliphatic heterocycles. The molecule has 2 atom stereocenters. The number of carboxylic acids is 1. The van der Waals surface area contributed by atoms with Crippen molar-refractivity contribution in [1.82, 2.24) is 9.88 Å². The van der Waals surface area contributed by atoms with Crippen LogP contribution in [0.5, 0.6) is 5.75 Å². The van der Waals surface area contributed by atoms with Crippen LogP contribution in [0.3, 0.4) is 0 Å². The minimum atomic E-state index is -0.764. The summed E-state index contributed by atoms with van der Waals surface area (Å²) in [5.74, 6) is 6.14. The third kappa shape index (κ3) is 6.96. The van der Waals surface area contributed by atoms with Gasteiger partial charge in [-0.05, 0) is 92.1 Å². The number of hydrogen-bond acceptors (Lipinski definition) is 4. The lowest BCUT2D eigenvalue weighted by Gasteiger charge is -2.37. The Labute approximate surface area is 216 Å². The molecule has 0 saturated carbocycles. The fourth-order valence-corrected chi connectivity index (χ4v) is 5.32. The molecular formula is C29H30ClFN2O3. The number of carboxylic acid groups (broad SMARTS) is 1. The average molecular weight is 509 g/mol. The molecule has 1 N–H and O–H groups in total. The Kier molecular flexibility index (Phi) is 8.79. The third-order valence-corrected chi connectivity index (χ3v) is 7.09. The van der Waals surface area contributed by atoms with Gasteiger partial charge in [0.1, 0.15) is 11.6 Å². The molecule has 3 aromatic rings. The fraction of sp³-hybridized carbons (Fsp3) is 0.379. The second-order valence-electron chi connectivity index (χ2n) is 9.35. The predicted octanol–water partition coefficient (Wildman–Crippen LogP) is 5.82. The van der Waals surface area contributed by atoms with Crippen LogP contribution in [0.25, 0.3) is 10.9 Å². The molecule has 7 heteroatoms. The number of halogens is 2. The molecule has 4 rings (SSSR count). The SMILES string of the molecule is COc1ccc2nccc(CCC[C@@H]3CCN(CC#Cc4cc(F)cc(Cl)c4)C[C@@H]3CC(=O)O)c2c1. The van der Waals surface area contributed by atoms with Gasteiger partial charge in [-0.3, -0.25) is 14.7 Å². The zero-order chi connectivity index (χ0) is 25.5. The van der Waals surface area contributed by atoms with Crippen LogP contribution in [0.2, 0.25) is 5.02 Å². The Morgan fingerprint density at radius 1 is 1.25 bits per heavy atom. The van der Waals surface area contributed by atoms with E-state index < -0.39 is 11.8 Å². The summed E-state index contributed by atoms with van der Waals surface area (Å²) in [5.41, 5.74) is 2.73. The molecule has 1 fully saturated rings. The average Bonchev–Trinajstić information content (AvgIpc) is 2.84. The Hall–Kier alpha value is -3.14. The lowest BCUT2D eigenvalue weighted by atomic mass is 9.80. The van der Waals surface area contributed by atoms with E-state index in [0.717, 1.165) is 48.9 Å². The molecule has 5 nitrogen and oxygen atoms in total. The fourth-order valence-electron chi connectivity index (χ4n) is 5.10. The van der Waals surface area contributed by atoms with Crippen molar-refractivity contribution >= 4 is 28.5 Å². The molecule has 36 heavy (non-hydrogen) atoms. The summed E-state index contributed by atoms with van der Waals surface area (Å²) in [6.07, 6.45) is 5.81. The molecule has 1 aliphatic rings. The standard InChI is InChI=1S/C29H30ClFN2O3/c1-36-26-7-8-28-27(18-26)22(9-11-32-28)6-2-5-21-10-13-33(19-23(21)16-29(34)35)12-3-4-20-14-24(30)17-25(31)15-20/h7-9,11,14-15,17-18,21,23H,2,5-6,10,12-13,16,19H2,1H3,(H,34,35)/t21-,23+/m1/s1. The summed E-state index contributed by atoms with van der Waals surface area (Å²) in [6, 6.07) is 12.2. The highest BCUT2D eigenvalue weighted by Crippen LogP contribution is 2.31. The molecule has 0 amide bonds. The first-order valence-electron chi connectivity index (χ1n) is 12.2. The highest BCUT2D eigenvalue weighted by Gasteiger charge is 2.30. The number of rotatable bonds is 8.